The van der Waals surface area contributed by atoms with Crippen molar-refractivity contribution >= 4 is 29.5 Å². The Morgan fingerprint density at radius 1 is 1.07 bits per heavy atom. The lowest BCUT2D eigenvalue weighted by atomic mass is 9.82. The number of rotatable bonds is 10. The van der Waals surface area contributed by atoms with Crippen molar-refractivity contribution in [3.63, 3.8) is 0 Å². The van der Waals surface area contributed by atoms with Crippen LogP contribution in [0, 0.1) is 11.8 Å². The number of hydrogen-bond acceptors (Lipinski definition) is 5. The molecule has 30 heavy (non-hydrogen) atoms. The Morgan fingerprint density at radius 2 is 1.73 bits per heavy atom. The SMILES string of the molecule is COC(=O)[C@H](CCSC)NC(=O)[C@H](Cc1ccccc1)NC(=O)C1CCC(C)CC1. The van der Waals surface area contributed by atoms with Crippen LogP contribution in [0.3, 0.4) is 0 Å². The summed E-state index contributed by atoms with van der Waals surface area (Å²) in [7, 11) is 1.31. The minimum atomic E-state index is -0.735. The standard InChI is InChI=1S/C23H34N2O4S/c1-16-9-11-18(12-10-16)21(26)25-20(15-17-7-5-4-6-8-17)22(27)24-19(13-14-30-3)23(28)29-2/h4-8,16,18-20H,9-15H2,1-3H3,(H,24,27)(H,25,26)/t16?,18?,19-,20-/m0/s1. The predicted molar refractivity (Wildman–Crippen MR) is 120 cm³/mol. The smallest absolute Gasteiger partial charge is 0.328 e. The van der Waals surface area contributed by atoms with Crippen LogP contribution in [-0.2, 0) is 25.5 Å². The van der Waals surface area contributed by atoms with Gasteiger partial charge in [0.1, 0.15) is 12.1 Å². The highest BCUT2D eigenvalue weighted by molar-refractivity contribution is 7.98. The Hall–Kier alpha value is -2.02. The van der Waals surface area contributed by atoms with Crippen molar-refractivity contribution in [2.75, 3.05) is 19.1 Å². The number of methoxy groups -OCH3 is 1. The van der Waals surface area contributed by atoms with Gasteiger partial charge in [0.15, 0.2) is 0 Å². The van der Waals surface area contributed by atoms with Crippen LogP contribution in [0.5, 0.6) is 0 Å². The summed E-state index contributed by atoms with van der Waals surface area (Å²) in [4.78, 5) is 38.0. The van der Waals surface area contributed by atoms with Crippen molar-refractivity contribution in [3.05, 3.63) is 35.9 Å². The van der Waals surface area contributed by atoms with E-state index >= 15 is 0 Å². The van der Waals surface area contributed by atoms with Gasteiger partial charge in [-0.15, -0.1) is 0 Å². The zero-order chi connectivity index (χ0) is 21.9. The highest BCUT2D eigenvalue weighted by atomic mass is 32.2. The van der Waals surface area contributed by atoms with Crippen LogP contribution in [0.4, 0.5) is 0 Å². The van der Waals surface area contributed by atoms with Gasteiger partial charge in [-0.2, -0.15) is 11.8 Å². The molecule has 7 heteroatoms. The Kier molecular flexibility index (Phi) is 10.2. The van der Waals surface area contributed by atoms with Crippen molar-refractivity contribution in [2.45, 2.75) is 57.5 Å². The van der Waals surface area contributed by atoms with Crippen LogP contribution >= 0.6 is 11.8 Å². The fourth-order valence-electron chi connectivity index (χ4n) is 3.77. The first-order valence-electron chi connectivity index (χ1n) is 10.7. The molecule has 0 spiro atoms. The number of carbonyl (C=O) groups excluding carboxylic acids is 3. The lowest BCUT2D eigenvalue weighted by molar-refractivity contribution is -0.145. The first kappa shape index (κ1) is 24.3. The summed E-state index contributed by atoms with van der Waals surface area (Å²) in [5.74, 6) is 0.415. The third-order valence-corrected chi connectivity index (χ3v) is 6.36. The number of carbonyl (C=O) groups is 3. The molecule has 0 radical (unpaired) electrons. The molecular formula is C23H34N2O4S. The van der Waals surface area contributed by atoms with Crippen molar-refractivity contribution in [1.82, 2.24) is 10.6 Å². The van der Waals surface area contributed by atoms with Gasteiger partial charge >= 0.3 is 5.97 Å². The van der Waals surface area contributed by atoms with Crippen LogP contribution in [0.1, 0.15) is 44.6 Å². The van der Waals surface area contributed by atoms with Crippen LogP contribution < -0.4 is 10.6 Å². The van der Waals surface area contributed by atoms with Crippen molar-refractivity contribution in [1.29, 1.82) is 0 Å². The highest BCUT2D eigenvalue weighted by Crippen LogP contribution is 2.28. The van der Waals surface area contributed by atoms with Gasteiger partial charge in [0.2, 0.25) is 11.8 Å². The minimum Gasteiger partial charge on any atom is -0.467 e. The van der Waals surface area contributed by atoms with Gasteiger partial charge in [0.25, 0.3) is 0 Å². The van der Waals surface area contributed by atoms with Gasteiger partial charge in [-0.25, -0.2) is 4.79 Å². The summed E-state index contributed by atoms with van der Waals surface area (Å²) in [6.07, 6.45) is 6.57. The van der Waals surface area contributed by atoms with E-state index in [-0.39, 0.29) is 17.7 Å². The molecule has 0 bridgehead atoms. The molecule has 1 aliphatic carbocycles. The predicted octanol–water partition coefficient (Wildman–Crippen LogP) is 2.95. The number of thioether (sulfide) groups is 1. The molecule has 166 valence electrons. The normalized spacial score (nSPS) is 20.6. The molecule has 2 rings (SSSR count). The zero-order valence-electron chi connectivity index (χ0n) is 18.2. The van der Waals surface area contributed by atoms with Crippen molar-refractivity contribution in [3.8, 4) is 0 Å². The van der Waals surface area contributed by atoms with Gasteiger partial charge in [0, 0.05) is 12.3 Å². The lowest BCUT2D eigenvalue weighted by Crippen LogP contribution is -2.53. The Balaban J connectivity index is 2.09. The molecule has 1 aromatic carbocycles. The molecule has 0 aliphatic heterocycles. The second-order valence-corrected chi connectivity index (χ2v) is 9.06. The number of amides is 2. The number of hydrogen-bond donors (Lipinski definition) is 2. The van der Waals surface area contributed by atoms with E-state index in [1.807, 2.05) is 36.6 Å². The van der Waals surface area contributed by atoms with E-state index in [9.17, 15) is 14.4 Å². The second kappa shape index (κ2) is 12.6. The van der Waals surface area contributed by atoms with Crippen molar-refractivity contribution < 1.29 is 19.1 Å². The Bertz CT molecular complexity index is 690. The van der Waals surface area contributed by atoms with Crippen LogP contribution in [0.25, 0.3) is 0 Å². The van der Waals surface area contributed by atoms with Crippen LogP contribution in [-0.4, -0.2) is 49.0 Å². The fraction of sp³-hybridized carbons (Fsp3) is 0.609. The van der Waals surface area contributed by atoms with E-state index in [2.05, 4.69) is 17.6 Å². The maximum atomic E-state index is 13.1. The summed E-state index contributed by atoms with van der Waals surface area (Å²) in [6.45, 7) is 2.21. The van der Waals surface area contributed by atoms with Crippen LogP contribution in [0.2, 0.25) is 0 Å². The van der Waals surface area contributed by atoms with E-state index in [0.717, 1.165) is 37.0 Å². The summed E-state index contributed by atoms with van der Waals surface area (Å²) in [5.41, 5.74) is 0.953. The van der Waals surface area contributed by atoms with Gasteiger partial charge in [0.05, 0.1) is 7.11 Å². The molecule has 1 fully saturated rings. The topological polar surface area (TPSA) is 84.5 Å². The average molecular weight is 435 g/mol. The van der Waals surface area contributed by atoms with Gasteiger partial charge in [-0.05, 0) is 55.6 Å². The third kappa shape index (κ3) is 7.67. The largest absolute Gasteiger partial charge is 0.467 e. The van der Waals surface area contributed by atoms with E-state index in [1.54, 1.807) is 11.8 Å². The Morgan fingerprint density at radius 3 is 2.33 bits per heavy atom. The first-order chi connectivity index (χ1) is 14.4. The molecule has 1 aliphatic rings. The molecule has 1 saturated carbocycles. The summed E-state index contributed by atoms with van der Waals surface area (Å²) in [5, 5.41) is 5.76. The number of esters is 1. The molecule has 2 atom stereocenters. The lowest BCUT2D eigenvalue weighted by Gasteiger charge is -2.28. The Labute approximate surface area is 183 Å². The van der Waals surface area contributed by atoms with Gasteiger partial charge in [-0.3, -0.25) is 9.59 Å². The molecule has 0 saturated heterocycles. The molecule has 2 N–H and O–H groups in total. The minimum absolute atomic E-state index is 0.0554. The molecular weight excluding hydrogens is 400 g/mol. The van der Waals surface area contributed by atoms with Gasteiger partial charge < -0.3 is 15.4 Å². The summed E-state index contributed by atoms with van der Waals surface area (Å²) < 4.78 is 4.84. The summed E-state index contributed by atoms with van der Waals surface area (Å²) >= 11 is 1.60. The monoisotopic (exact) mass is 434 g/mol. The third-order valence-electron chi connectivity index (χ3n) is 5.72. The van der Waals surface area contributed by atoms with E-state index in [4.69, 9.17) is 4.74 Å². The van der Waals surface area contributed by atoms with E-state index in [1.165, 1.54) is 7.11 Å². The van der Waals surface area contributed by atoms with E-state index < -0.39 is 18.1 Å². The molecule has 2 amide bonds. The average Bonchev–Trinajstić information content (AvgIpc) is 2.76. The quantitative estimate of drug-likeness (QED) is 0.553. The molecule has 1 aromatic rings. The number of benzene rings is 1. The fourth-order valence-corrected chi connectivity index (χ4v) is 4.24. The molecule has 0 heterocycles. The van der Waals surface area contributed by atoms with Gasteiger partial charge in [-0.1, -0.05) is 37.3 Å². The molecule has 0 aromatic heterocycles. The highest BCUT2D eigenvalue weighted by Gasteiger charge is 2.30. The maximum Gasteiger partial charge on any atom is 0.328 e. The van der Waals surface area contributed by atoms with Crippen LogP contribution in [0.15, 0.2) is 30.3 Å². The zero-order valence-corrected chi connectivity index (χ0v) is 19.0. The van der Waals surface area contributed by atoms with Crippen molar-refractivity contribution in [2.24, 2.45) is 11.8 Å². The summed E-state index contributed by atoms with van der Waals surface area (Å²) in [6, 6.07) is 8.13. The number of ether oxygens (including phenoxy) is 1. The maximum absolute atomic E-state index is 13.1. The first-order valence-corrected chi connectivity index (χ1v) is 12.0. The second-order valence-electron chi connectivity index (χ2n) is 8.07. The van der Waals surface area contributed by atoms with E-state index in [0.29, 0.717) is 18.8 Å². The number of nitrogens with one attached hydrogen (secondary N) is 2. The molecule has 6 nitrogen and oxygen atoms in total. The molecule has 0 unspecified atom stereocenters.